The SMILES string of the molecule is C=CC[C@@]1(CC)C[C@H](c2cccc(Cl)c2)[C@@H](c2ccc(Cl)cc2)N([C@H](CNS(=O)(=O)C2CCC2)C2CC2)C1=O. The van der Waals surface area contributed by atoms with Gasteiger partial charge in [-0.25, -0.2) is 13.1 Å². The van der Waals surface area contributed by atoms with Gasteiger partial charge in [-0.15, -0.1) is 6.58 Å². The Hall–Kier alpha value is -1.86. The second kappa shape index (κ2) is 11.6. The van der Waals surface area contributed by atoms with Crippen molar-refractivity contribution in [2.75, 3.05) is 6.54 Å². The zero-order valence-corrected chi connectivity index (χ0v) is 24.8. The Bertz CT molecular complexity index is 1310. The minimum absolute atomic E-state index is 0.0352. The topological polar surface area (TPSA) is 66.5 Å². The third kappa shape index (κ3) is 5.81. The number of sulfonamides is 1. The van der Waals surface area contributed by atoms with Crippen molar-refractivity contribution >= 4 is 39.1 Å². The highest BCUT2D eigenvalue weighted by atomic mass is 35.5. The van der Waals surface area contributed by atoms with E-state index in [9.17, 15) is 13.2 Å². The maximum Gasteiger partial charge on any atom is 0.229 e. The smallest absolute Gasteiger partial charge is 0.229 e. The van der Waals surface area contributed by atoms with Gasteiger partial charge in [-0.3, -0.25) is 4.79 Å². The molecule has 5 nitrogen and oxygen atoms in total. The molecule has 39 heavy (non-hydrogen) atoms. The molecule has 0 aromatic heterocycles. The zero-order valence-electron chi connectivity index (χ0n) is 22.5. The Labute approximate surface area is 243 Å². The number of allylic oxidation sites excluding steroid dienone is 1. The minimum Gasteiger partial charge on any atom is -0.330 e. The first-order chi connectivity index (χ1) is 18.7. The number of rotatable bonds is 11. The van der Waals surface area contributed by atoms with E-state index in [1.165, 1.54) is 0 Å². The van der Waals surface area contributed by atoms with Crippen molar-refractivity contribution in [1.82, 2.24) is 9.62 Å². The van der Waals surface area contributed by atoms with Crippen molar-refractivity contribution in [3.63, 3.8) is 0 Å². The fraction of sp³-hybridized carbons (Fsp3) is 0.516. The number of carbonyl (C=O) groups excluding carboxylic acids is 1. The van der Waals surface area contributed by atoms with Crippen molar-refractivity contribution in [1.29, 1.82) is 0 Å². The van der Waals surface area contributed by atoms with Crippen molar-refractivity contribution in [2.45, 2.75) is 81.5 Å². The fourth-order valence-electron chi connectivity index (χ4n) is 6.52. The monoisotopic (exact) mass is 588 g/mol. The van der Waals surface area contributed by atoms with Crippen LogP contribution in [0.1, 0.15) is 81.4 Å². The summed E-state index contributed by atoms with van der Waals surface area (Å²) >= 11 is 12.8. The lowest BCUT2D eigenvalue weighted by molar-refractivity contribution is -0.156. The molecule has 3 aliphatic rings. The number of piperidine rings is 1. The molecule has 3 fully saturated rings. The Morgan fingerprint density at radius 3 is 2.36 bits per heavy atom. The first-order valence-corrected chi connectivity index (χ1v) is 16.4. The molecule has 1 N–H and O–H groups in total. The van der Waals surface area contributed by atoms with E-state index < -0.39 is 15.4 Å². The van der Waals surface area contributed by atoms with Gasteiger partial charge < -0.3 is 4.90 Å². The number of benzene rings is 2. The summed E-state index contributed by atoms with van der Waals surface area (Å²) in [7, 11) is -3.42. The van der Waals surface area contributed by atoms with Crippen LogP contribution in [0.25, 0.3) is 0 Å². The molecule has 2 saturated carbocycles. The van der Waals surface area contributed by atoms with E-state index in [-0.39, 0.29) is 41.6 Å². The summed E-state index contributed by atoms with van der Waals surface area (Å²) in [5, 5.41) is 0.966. The maximum atomic E-state index is 14.7. The standard InChI is InChI=1S/C31H38Cl2N2O3S/c1-3-17-31(4-2)19-27(23-7-5-8-25(33)18-23)29(22-13-15-24(32)16-14-22)35(30(31)36)28(21-11-12-21)20-34-39(37,38)26-9-6-10-26/h3,5,7-8,13-16,18,21,26-29,34H,1,4,6,9-12,17,19-20H2,2H3/t27-,28-,29-,31+/m1/s1. The van der Waals surface area contributed by atoms with E-state index in [2.05, 4.69) is 24.3 Å². The van der Waals surface area contributed by atoms with Crippen LogP contribution in [0.15, 0.2) is 61.2 Å². The molecule has 210 valence electrons. The summed E-state index contributed by atoms with van der Waals surface area (Å²) < 4.78 is 29.1. The first kappa shape index (κ1) is 28.7. The molecule has 2 aromatic carbocycles. The van der Waals surface area contributed by atoms with E-state index in [4.69, 9.17) is 23.2 Å². The van der Waals surface area contributed by atoms with Crippen LogP contribution >= 0.6 is 23.2 Å². The van der Waals surface area contributed by atoms with Gasteiger partial charge in [0.1, 0.15) is 0 Å². The van der Waals surface area contributed by atoms with Gasteiger partial charge in [0.2, 0.25) is 15.9 Å². The molecule has 0 unspecified atom stereocenters. The molecular formula is C31H38Cl2N2O3S. The predicted molar refractivity (Wildman–Crippen MR) is 158 cm³/mol. The molecule has 2 aliphatic carbocycles. The largest absolute Gasteiger partial charge is 0.330 e. The van der Waals surface area contributed by atoms with Crippen LogP contribution in [0, 0.1) is 11.3 Å². The van der Waals surface area contributed by atoms with Crippen molar-refractivity contribution in [2.24, 2.45) is 11.3 Å². The first-order valence-electron chi connectivity index (χ1n) is 14.1. The maximum absolute atomic E-state index is 14.7. The van der Waals surface area contributed by atoms with E-state index in [1.807, 2.05) is 53.4 Å². The molecule has 0 bridgehead atoms. The van der Waals surface area contributed by atoms with E-state index >= 15 is 0 Å². The van der Waals surface area contributed by atoms with Gasteiger partial charge in [-0.1, -0.05) is 66.9 Å². The summed E-state index contributed by atoms with van der Waals surface area (Å²) in [4.78, 5) is 16.8. The molecule has 1 amide bonds. The van der Waals surface area contributed by atoms with Gasteiger partial charge in [0.05, 0.1) is 16.7 Å². The lowest BCUT2D eigenvalue weighted by Gasteiger charge is -2.53. The number of carbonyl (C=O) groups is 1. The van der Waals surface area contributed by atoms with Crippen LogP contribution in [-0.2, 0) is 14.8 Å². The van der Waals surface area contributed by atoms with Gasteiger partial charge in [-0.2, -0.15) is 0 Å². The van der Waals surface area contributed by atoms with Gasteiger partial charge >= 0.3 is 0 Å². The Morgan fingerprint density at radius 2 is 1.79 bits per heavy atom. The lowest BCUT2D eigenvalue weighted by Crippen LogP contribution is -2.59. The van der Waals surface area contributed by atoms with Crippen LogP contribution < -0.4 is 4.72 Å². The fourth-order valence-corrected chi connectivity index (χ4v) is 8.44. The number of likely N-dealkylation sites (tertiary alicyclic amines) is 1. The summed E-state index contributed by atoms with van der Waals surface area (Å²) in [6.07, 6.45) is 8.06. The highest BCUT2D eigenvalue weighted by Crippen LogP contribution is 2.55. The number of amides is 1. The molecule has 0 spiro atoms. The molecular weight excluding hydrogens is 551 g/mol. The van der Waals surface area contributed by atoms with Crippen LogP contribution in [-0.4, -0.2) is 37.1 Å². The summed E-state index contributed by atoms with van der Waals surface area (Å²) in [6, 6.07) is 15.1. The summed E-state index contributed by atoms with van der Waals surface area (Å²) in [5.41, 5.74) is 1.44. The third-order valence-electron chi connectivity index (χ3n) is 9.19. The van der Waals surface area contributed by atoms with Crippen molar-refractivity contribution in [3.8, 4) is 0 Å². The normalized spacial score (nSPS) is 26.7. The number of hydrogen-bond acceptors (Lipinski definition) is 3. The average Bonchev–Trinajstić information content (AvgIpc) is 3.71. The van der Waals surface area contributed by atoms with Crippen LogP contribution in [0.2, 0.25) is 10.0 Å². The molecule has 1 saturated heterocycles. The molecule has 2 aromatic rings. The molecule has 1 heterocycles. The van der Waals surface area contributed by atoms with Gasteiger partial charge in [-0.05, 0) is 86.3 Å². The van der Waals surface area contributed by atoms with Crippen LogP contribution in [0.3, 0.4) is 0 Å². The van der Waals surface area contributed by atoms with Crippen LogP contribution in [0.5, 0.6) is 0 Å². The van der Waals surface area contributed by atoms with Crippen LogP contribution in [0.4, 0.5) is 0 Å². The van der Waals surface area contributed by atoms with Crippen molar-refractivity contribution in [3.05, 3.63) is 82.4 Å². The number of nitrogens with zero attached hydrogens (tertiary/aromatic N) is 1. The quantitative estimate of drug-likeness (QED) is 0.280. The zero-order chi connectivity index (χ0) is 27.8. The molecule has 0 radical (unpaired) electrons. The van der Waals surface area contributed by atoms with Gasteiger partial charge in [0.15, 0.2) is 0 Å². The molecule has 1 aliphatic heterocycles. The minimum atomic E-state index is -3.42. The lowest BCUT2D eigenvalue weighted by atomic mass is 9.65. The highest BCUT2D eigenvalue weighted by molar-refractivity contribution is 7.90. The second-order valence-corrected chi connectivity index (χ2v) is 14.5. The molecule has 4 atom stereocenters. The number of halogens is 2. The molecule has 8 heteroatoms. The Balaban J connectivity index is 1.63. The average molecular weight is 590 g/mol. The Morgan fingerprint density at radius 1 is 1.08 bits per heavy atom. The van der Waals surface area contributed by atoms with Crippen molar-refractivity contribution < 1.29 is 13.2 Å². The number of hydrogen-bond donors (Lipinski definition) is 1. The third-order valence-corrected chi connectivity index (χ3v) is 11.6. The predicted octanol–water partition coefficient (Wildman–Crippen LogP) is 7.27. The summed E-state index contributed by atoms with van der Waals surface area (Å²) in [6.45, 7) is 6.31. The summed E-state index contributed by atoms with van der Waals surface area (Å²) in [5.74, 6) is 0.305. The second-order valence-electron chi connectivity index (χ2n) is 11.6. The van der Waals surface area contributed by atoms with Gasteiger partial charge in [0.25, 0.3) is 0 Å². The van der Waals surface area contributed by atoms with E-state index in [0.717, 1.165) is 30.4 Å². The van der Waals surface area contributed by atoms with E-state index in [1.54, 1.807) is 0 Å². The Kier molecular flexibility index (Phi) is 8.49. The van der Waals surface area contributed by atoms with E-state index in [0.29, 0.717) is 42.1 Å². The van der Waals surface area contributed by atoms with Gasteiger partial charge in [0, 0.05) is 28.5 Å². The molecule has 5 rings (SSSR count). The number of nitrogens with one attached hydrogen (secondary N) is 1. The highest BCUT2D eigenvalue weighted by Gasteiger charge is 2.54.